The van der Waals surface area contributed by atoms with Gasteiger partial charge >= 0.3 is 0 Å². The van der Waals surface area contributed by atoms with Gasteiger partial charge in [-0.1, -0.05) is 43.8 Å². The number of carbonyl (C=O) groups excluding carboxylic acids is 1. The van der Waals surface area contributed by atoms with Crippen LogP contribution in [-0.4, -0.2) is 25.7 Å². The molecule has 0 fully saturated rings. The minimum absolute atomic E-state index is 0.116. The molecular weight excluding hydrogens is 406 g/mol. The van der Waals surface area contributed by atoms with Crippen molar-refractivity contribution in [1.82, 2.24) is 19.7 Å². The Labute approximate surface area is 178 Å². The van der Waals surface area contributed by atoms with Gasteiger partial charge in [0.2, 0.25) is 5.91 Å². The van der Waals surface area contributed by atoms with Crippen molar-refractivity contribution in [2.75, 3.05) is 5.32 Å². The molecule has 9 heteroatoms. The minimum Gasteiger partial charge on any atom is -0.486 e. The van der Waals surface area contributed by atoms with Crippen LogP contribution in [0.3, 0.4) is 0 Å². The number of nitrogens with one attached hydrogen (secondary N) is 1. The molecule has 0 saturated carbocycles. The summed E-state index contributed by atoms with van der Waals surface area (Å²) in [7, 11) is 0. The fourth-order valence-electron chi connectivity index (χ4n) is 2.53. The molecular formula is C20H25N5O2S2. The second-order valence-corrected chi connectivity index (χ2v) is 8.75. The molecule has 7 nitrogen and oxygen atoms in total. The highest BCUT2D eigenvalue weighted by Gasteiger charge is 2.15. The molecule has 3 rings (SSSR count). The zero-order valence-corrected chi connectivity index (χ0v) is 18.4. The van der Waals surface area contributed by atoms with E-state index in [4.69, 9.17) is 4.74 Å². The van der Waals surface area contributed by atoms with Gasteiger partial charge in [-0.05, 0) is 24.5 Å². The number of hydrogen-bond acceptors (Lipinski definition) is 7. The predicted octanol–water partition coefficient (Wildman–Crippen LogP) is 4.61. The van der Waals surface area contributed by atoms with Crippen molar-refractivity contribution in [2.45, 2.75) is 51.3 Å². The van der Waals surface area contributed by atoms with Gasteiger partial charge in [0, 0.05) is 24.6 Å². The third kappa shape index (κ3) is 6.57. The van der Waals surface area contributed by atoms with Gasteiger partial charge in [-0.25, -0.2) is 4.98 Å². The average Bonchev–Trinajstić information content (AvgIpc) is 3.29. The molecule has 0 saturated heterocycles. The van der Waals surface area contributed by atoms with E-state index in [9.17, 15) is 4.79 Å². The summed E-state index contributed by atoms with van der Waals surface area (Å²) in [5, 5.41) is 14.9. The SMILES string of the molecule is CC(=O)Nc1nc(CSc2nnc(COc3ccccc3)n2CCC(C)C)cs1. The quantitative estimate of drug-likeness (QED) is 0.472. The highest BCUT2D eigenvalue weighted by atomic mass is 32.2. The van der Waals surface area contributed by atoms with Gasteiger partial charge in [-0.15, -0.1) is 21.5 Å². The molecule has 0 aliphatic rings. The zero-order chi connectivity index (χ0) is 20.6. The molecule has 3 aromatic rings. The lowest BCUT2D eigenvalue weighted by atomic mass is 10.1. The number of thiazole rings is 1. The maximum Gasteiger partial charge on any atom is 0.223 e. The number of thioether (sulfide) groups is 1. The van der Waals surface area contributed by atoms with Crippen molar-refractivity contribution < 1.29 is 9.53 Å². The molecule has 1 aromatic carbocycles. The van der Waals surface area contributed by atoms with Crippen molar-refractivity contribution >= 4 is 34.1 Å². The number of aromatic nitrogens is 4. The summed E-state index contributed by atoms with van der Waals surface area (Å²) in [6, 6.07) is 9.72. The zero-order valence-electron chi connectivity index (χ0n) is 16.8. The van der Waals surface area contributed by atoms with Gasteiger partial charge in [0.1, 0.15) is 12.4 Å². The van der Waals surface area contributed by atoms with E-state index in [0.717, 1.165) is 35.4 Å². The molecule has 0 atom stereocenters. The topological polar surface area (TPSA) is 81.9 Å². The van der Waals surface area contributed by atoms with E-state index in [1.807, 2.05) is 35.7 Å². The van der Waals surface area contributed by atoms with Gasteiger partial charge in [-0.3, -0.25) is 4.79 Å². The van der Waals surface area contributed by atoms with E-state index in [-0.39, 0.29) is 5.91 Å². The van der Waals surface area contributed by atoms with Crippen LogP contribution in [0.1, 0.15) is 38.7 Å². The number of benzene rings is 1. The van der Waals surface area contributed by atoms with E-state index in [1.54, 1.807) is 11.8 Å². The van der Waals surface area contributed by atoms with Crippen molar-refractivity contribution in [3.8, 4) is 5.75 Å². The first-order valence-electron chi connectivity index (χ1n) is 9.46. The van der Waals surface area contributed by atoms with Crippen LogP contribution in [0, 0.1) is 5.92 Å². The van der Waals surface area contributed by atoms with Crippen LogP contribution in [0.5, 0.6) is 5.75 Å². The van der Waals surface area contributed by atoms with Crippen molar-refractivity contribution in [2.24, 2.45) is 5.92 Å². The first kappa shape index (κ1) is 21.3. The van der Waals surface area contributed by atoms with E-state index >= 15 is 0 Å². The number of hydrogen-bond donors (Lipinski definition) is 1. The number of amides is 1. The van der Waals surface area contributed by atoms with Gasteiger partial charge in [0.05, 0.1) is 5.69 Å². The molecule has 0 radical (unpaired) electrons. The van der Waals surface area contributed by atoms with E-state index in [2.05, 4.69) is 38.9 Å². The first-order valence-corrected chi connectivity index (χ1v) is 11.3. The van der Waals surface area contributed by atoms with Gasteiger partial charge in [0.25, 0.3) is 0 Å². The van der Waals surface area contributed by atoms with Crippen molar-refractivity contribution in [3.05, 3.63) is 47.2 Å². The molecule has 2 heterocycles. The smallest absolute Gasteiger partial charge is 0.223 e. The molecule has 1 N–H and O–H groups in total. The van der Waals surface area contributed by atoms with Crippen LogP contribution in [0.25, 0.3) is 0 Å². The highest BCUT2D eigenvalue weighted by molar-refractivity contribution is 7.98. The summed E-state index contributed by atoms with van der Waals surface area (Å²) < 4.78 is 8.01. The Bertz CT molecular complexity index is 924. The van der Waals surface area contributed by atoms with Crippen molar-refractivity contribution in [3.63, 3.8) is 0 Å². The molecule has 1 amide bonds. The number of nitrogens with zero attached hydrogens (tertiary/aromatic N) is 4. The summed E-state index contributed by atoms with van der Waals surface area (Å²) in [5.41, 5.74) is 0.907. The van der Waals surface area contributed by atoms with Gasteiger partial charge in [-0.2, -0.15) is 0 Å². The van der Waals surface area contributed by atoms with Crippen molar-refractivity contribution in [1.29, 1.82) is 0 Å². The Morgan fingerprint density at radius 3 is 2.79 bits per heavy atom. The number of anilines is 1. The normalized spacial score (nSPS) is 11.0. The molecule has 0 aliphatic heterocycles. The Morgan fingerprint density at radius 2 is 2.07 bits per heavy atom. The third-order valence-corrected chi connectivity index (χ3v) is 5.83. The maximum absolute atomic E-state index is 11.2. The predicted molar refractivity (Wildman–Crippen MR) is 116 cm³/mol. The third-order valence-electron chi connectivity index (χ3n) is 4.02. The fourth-order valence-corrected chi connectivity index (χ4v) is 4.27. The Hall–Kier alpha value is -2.39. The molecule has 2 aromatic heterocycles. The lowest BCUT2D eigenvalue weighted by molar-refractivity contribution is -0.114. The molecule has 0 unspecified atom stereocenters. The molecule has 0 spiro atoms. The minimum atomic E-state index is -0.116. The van der Waals surface area contributed by atoms with Crippen LogP contribution < -0.4 is 10.1 Å². The van der Waals surface area contributed by atoms with Gasteiger partial charge < -0.3 is 14.6 Å². The number of para-hydroxylation sites is 1. The Balaban J connectivity index is 1.67. The van der Waals surface area contributed by atoms with Crippen LogP contribution in [0.4, 0.5) is 5.13 Å². The van der Waals surface area contributed by atoms with Crippen LogP contribution in [0.2, 0.25) is 0 Å². The lowest BCUT2D eigenvalue weighted by Gasteiger charge is -2.12. The second-order valence-electron chi connectivity index (χ2n) is 6.95. The van der Waals surface area contributed by atoms with E-state index in [0.29, 0.717) is 23.4 Å². The average molecular weight is 432 g/mol. The number of carbonyl (C=O) groups is 1. The van der Waals surface area contributed by atoms with E-state index < -0.39 is 0 Å². The van der Waals surface area contributed by atoms with Gasteiger partial charge in [0.15, 0.2) is 16.1 Å². The summed E-state index contributed by atoms with van der Waals surface area (Å²) in [6.07, 6.45) is 1.04. The lowest BCUT2D eigenvalue weighted by Crippen LogP contribution is -2.10. The fraction of sp³-hybridized carbons (Fsp3) is 0.400. The molecule has 154 valence electrons. The monoisotopic (exact) mass is 431 g/mol. The largest absolute Gasteiger partial charge is 0.486 e. The molecule has 29 heavy (non-hydrogen) atoms. The van der Waals surface area contributed by atoms with Crippen LogP contribution in [-0.2, 0) is 23.7 Å². The summed E-state index contributed by atoms with van der Waals surface area (Å²) in [6.45, 7) is 7.10. The van der Waals surface area contributed by atoms with Crippen LogP contribution >= 0.6 is 23.1 Å². The summed E-state index contributed by atoms with van der Waals surface area (Å²) in [5.74, 6) is 2.75. The summed E-state index contributed by atoms with van der Waals surface area (Å²) in [4.78, 5) is 15.6. The van der Waals surface area contributed by atoms with E-state index in [1.165, 1.54) is 18.3 Å². The first-order chi connectivity index (χ1) is 14.0. The van der Waals surface area contributed by atoms with Crippen LogP contribution in [0.15, 0.2) is 40.9 Å². The molecule has 0 bridgehead atoms. The Morgan fingerprint density at radius 1 is 1.28 bits per heavy atom. The molecule has 0 aliphatic carbocycles. The number of rotatable bonds is 10. The second kappa shape index (κ2) is 10.4. The number of ether oxygens (including phenoxy) is 1. The standard InChI is InChI=1S/C20H25N5O2S2/c1-14(2)9-10-25-18(11-27-17-7-5-4-6-8-17)23-24-20(25)29-13-16-12-28-19(22-16)21-15(3)26/h4-8,12,14H,9-11,13H2,1-3H3,(H,21,22,26). The Kier molecular flexibility index (Phi) is 7.65. The highest BCUT2D eigenvalue weighted by Crippen LogP contribution is 2.25. The summed E-state index contributed by atoms with van der Waals surface area (Å²) >= 11 is 3.01. The maximum atomic E-state index is 11.2.